The van der Waals surface area contributed by atoms with Crippen molar-refractivity contribution in [1.82, 2.24) is 14.8 Å². The minimum absolute atomic E-state index is 0.154. The number of hydrogen-bond acceptors (Lipinski definition) is 5. The number of H-pyrrole nitrogens is 1. The number of nitrogens with two attached hydrogens (primary N) is 1. The fraction of sp³-hybridized carbons (Fsp3) is 0.333. The van der Waals surface area contributed by atoms with E-state index in [1.165, 1.54) is 11.9 Å². The molecular weight excluding hydrogens is 352 g/mol. The lowest BCUT2D eigenvalue weighted by molar-refractivity contribution is -0.153. The van der Waals surface area contributed by atoms with Crippen LogP contribution in [0.4, 0.5) is 0 Å². The van der Waals surface area contributed by atoms with Crippen LogP contribution < -0.4 is 5.73 Å². The van der Waals surface area contributed by atoms with E-state index < -0.39 is 29.7 Å². The van der Waals surface area contributed by atoms with Gasteiger partial charge in [0.15, 0.2) is 11.3 Å². The molecule has 9 heteroatoms. The van der Waals surface area contributed by atoms with Crippen LogP contribution in [-0.4, -0.2) is 75.7 Å². The lowest BCUT2D eigenvalue weighted by Crippen LogP contribution is -2.62. The number of aliphatic carboxylic acids is 1. The minimum Gasteiger partial charge on any atom is -0.480 e. The molecule has 2 aromatic rings. The fourth-order valence-electron chi connectivity index (χ4n) is 3.09. The molecule has 4 N–H and O–H groups in total. The zero-order chi connectivity index (χ0) is 19.8. The number of amides is 2. The quantitative estimate of drug-likeness (QED) is 0.577. The Morgan fingerprint density at radius 3 is 2.63 bits per heavy atom. The molecule has 1 unspecified atom stereocenters. The number of Topliss-reactive ketones (excluding diaryl/α,β-unsaturated/α-hetero) is 1. The van der Waals surface area contributed by atoms with Crippen LogP contribution in [0.25, 0.3) is 10.9 Å². The molecule has 2 heterocycles. The molecule has 0 spiro atoms. The van der Waals surface area contributed by atoms with Crippen molar-refractivity contribution in [1.29, 1.82) is 0 Å². The smallest absolute Gasteiger partial charge is 0.331 e. The number of ketones is 1. The Labute approximate surface area is 154 Å². The van der Waals surface area contributed by atoms with Gasteiger partial charge in [-0.15, -0.1) is 0 Å². The summed E-state index contributed by atoms with van der Waals surface area (Å²) in [4.78, 5) is 53.7. The number of rotatable bonds is 6. The predicted octanol–water partition coefficient (Wildman–Crippen LogP) is -0.638. The molecule has 3 rings (SSSR count). The van der Waals surface area contributed by atoms with Crippen molar-refractivity contribution in [2.24, 2.45) is 5.73 Å². The molecule has 1 fully saturated rings. The second kappa shape index (κ2) is 6.84. The van der Waals surface area contributed by atoms with Gasteiger partial charge in [-0.05, 0) is 11.6 Å². The van der Waals surface area contributed by atoms with Crippen molar-refractivity contribution >= 4 is 34.5 Å². The number of nitrogens with zero attached hydrogens (tertiary/aromatic N) is 2. The highest BCUT2D eigenvalue weighted by atomic mass is 16.4. The van der Waals surface area contributed by atoms with Crippen LogP contribution >= 0.6 is 0 Å². The summed E-state index contributed by atoms with van der Waals surface area (Å²) in [6, 6.07) is 7.26. The number of nitrogens with one attached hydrogen (secondary N) is 1. The Bertz CT molecular complexity index is 937. The molecule has 1 aromatic heterocycles. The van der Waals surface area contributed by atoms with E-state index in [1.54, 1.807) is 18.3 Å². The van der Waals surface area contributed by atoms with Gasteiger partial charge in [0.05, 0.1) is 13.1 Å². The van der Waals surface area contributed by atoms with Crippen LogP contribution in [0, 0.1) is 0 Å². The zero-order valence-electron chi connectivity index (χ0n) is 14.8. The van der Waals surface area contributed by atoms with Gasteiger partial charge >= 0.3 is 5.97 Å². The summed E-state index contributed by atoms with van der Waals surface area (Å²) in [5.74, 6) is -3.06. The molecular formula is C18H20N4O5. The summed E-state index contributed by atoms with van der Waals surface area (Å²) in [7, 11) is 1.49. The van der Waals surface area contributed by atoms with Crippen molar-refractivity contribution in [3.63, 3.8) is 0 Å². The van der Waals surface area contributed by atoms with Gasteiger partial charge in [-0.2, -0.15) is 0 Å². The highest BCUT2D eigenvalue weighted by Crippen LogP contribution is 2.23. The summed E-state index contributed by atoms with van der Waals surface area (Å²) in [6.07, 6.45) is 1.38. The van der Waals surface area contributed by atoms with Gasteiger partial charge in [-0.1, -0.05) is 18.2 Å². The topological polar surface area (TPSA) is 137 Å². The van der Waals surface area contributed by atoms with Crippen molar-refractivity contribution in [3.05, 3.63) is 36.0 Å². The lowest BCUT2D eigenvalue weighted by atomic mass is 9.87. The number of carbonyl (C=O) groups excluding carboxylic acids is 3. The number of hydrogen-bond donors (Lipinski definition) is 3. The molecule has 142 valence electrons. The number of fused-ring (bicyclic) bond motifs is 1. The Hall–Kier alpha value is -3.20. The monoisotopic (exact) mass is 372 g/mol. The SMILES string of the molecule is CN1CC(=O)N(CC(=O)C(N)(Cc2c[nH]c3ccccc23)C(=O)O)CC1=O. The third-order valence-corrected chi connectivity index (χ3v) is 4.83. The molecule has 0 saturated carbocycles. The molecule has 0 bridgehead atoms. The molecule has 0 radical (unpaired) electrons. The van der Waals surface area contributed by atoms with E-state index in [2.05, 4.69) is 4.98 Å². The first kappa shape index (κ1) is 18.6. The number of carboxylic acids is 1. The summed E-state index contributed by atoms with van der Waals surface area (Å²) in [5.41, 5.74) is 5.17. The van der Waals surface area contributed by atoms with Crippen LogP contribution in [0.1, 0.15) is 5.56 Å². The van der Waals surface area contributed by atoms with Gasteiger partial charge in [0.25, 0.3) is 0 Å². The number of carbonyl (C=O) groups is 4. The maximum Gasteiger partial charge on any atom is 0.331 e. The number of benzene rings is 1. The number of aromatic amines is 1. The summed E-state index contributed by atoms with van der Waals surface area (Å²) in [5, 5.41) is 10.4. The molecule has 1 atom stereocenters. The average molecular weight is 372 g/mol. The lowest BCUT2D eigenvalue weighted by Gasteiger charge is -2.33. The number of para-hydroxylation sites is 1. The maximum atomic E-state index is 12.7. The Morgan fingerprint density at radius 1 is 1.22 bits per heavy atom. The molecule has 27 heavy (non-hydrogen) atoms. The molecule has 1 aliphatic rings. The second-order valence-corrected chi connectivity index (χ2v) is 6.74. The summed E-state index contributed by atoms with van der Waals surface area (Å²) >= 11 is 0. The van der Waals surface area contributed by atoms with E-state index in [0.29, 0.717) is 5.56 Å². The molecule has 1 saturated heterocycles. The maximum absolute atomic E-state index is 12.7. The van der Waals surface area contributed by atoms with Crippen LogP contribution in [0.2, 0.25) is 0 Å². The van der Waals surface area contributed by atoms with Gasteiger partial charge in [-0.25, -0.2) is 4.79 Å². The van der Waals surface area contributed by atoms with E-state index in [4.69, 9.17) is 5.73 Å². The number of carboxylic acid groups (broad SMARTS) is 1. The Kier molecular flexibility index (Phi) is 4.71. The summed E-state index contributed by atoms with van der Waals surface area (Å²) < 4.78 is 0. The van der Waals surface area contributed by atoms with Crippen LogP contribution in [0.3, 0.4) is 0 Å². The van der Waals surface area contributed by atoms with Gasteiger partial charge in [0.1, 0.15) is 6.54 Å². The van der Waals surface area contributed by atoms with Gasteiger partial charge in [0, 0.05) is 30.6 Å². The first-order valence-corrected chi connectivity index (χ1v) is 8.34. The standard InChI is InChI=1S/C18H20N4O5/c1-21-9-16(25)22(10-15(21)24)8-14(23)18(19,17(26)27)6-11-7-20-13-5-3-2-4-12(11)13/h2-5,7,20H,6,8-10,19H2,1H3,(H,26,27). The third-order valence-electron chi connectivity index (χ3n) is 4.83. The van der Waals surface area contributed by atoms with E-state index >= 15 is 0 Å². The van der Waals surface area contributed by atoms with Crippen LogP contribution in [-0.2, 0) is 25.6 Å². The number of aromatic nitrogens is 1. The normalized spacial score (nSPS) is 17.3. The Balaban J connectivity index is 1.83. The van der Waals surface area contributed by atoms with Gasteiger partial charge in [-0.3, -0.25) is 14.4 Å². The van der Waals surface area contributed by atoms with E-state index in [0.717, 1.165) is 15.8 Å². The minimum atomic E-state index is -2.21. The van der Waals surface area contributed by atoms with E-state index in [9.17, 15) is 24.3 Å². The highest BCUT2D eigenvalue weighted by Gasteiger charge is 2.44. The van der Waals surface area contributed by atoms with E-state index in [1.807, 2.05) is 12.1 Å². The molecule has 1 aromatic carbocycles. The van der Waals surface area contributed by atoms with Gasteiger partial charge < -0.3 is 25.6 Å². The van der Waals surface area contributed by atoms with E-state index in [-0.39, 0.29) is 25.4 Å². The predicted molar refractivity (Wildman–Crippen MR) is 95.8 cm³/mol. The third kappa shape index (κ3) is 3.41. The molecule has 0 aliphatic carbocycles. The molecule has 2 amide bonds. The van der Waals surface area contributed by atoms with Gasteiger partial charge in [0.2, 0.25) is 11.8 Å². The number of piperazine rings is 1. The van der Waals surface area contributed by atoms with Crippen LogP contribution in [0.15, 0.2) is 30.5 Å². The first-order chi connectivity index (χ1) is 12.7. The fourth-order valence-corrected chi connectivity index (χ4v) is 3.09. The molecule has 9 nitrogen and oxygen atoms in total. The Morgan fingerprint density at radius 2 is 1.93 bits per heavy atom. The molecule has 1 aliphatic heterocycles. The average Bonchev–Trinajstić information content (AvgIpc) is 3.02. The second-order valence-electron chi connectivity index (χ2n) is 6.74. The largest absolute Gasteiger partial charge is 0.480 e. The van der Waals surface area contributed by atoms with Crippen molar-refractivity contribution in [2.75, 3.05) is 26.7 Å². The zero-order valence-corrected chi connectivity index (χ0v) is 14.8. The highest BCUT2D eigenvalue weighted by molar-refractivity contribution is 6.10. The van der Waals surface area contributed by atoms with Crippen molar-refractivity contribution in [3.8, 4) is 0 Å². The number of likely N-dealkylation sites (N-methyl/N-ethyl adjacent to an activating group) is 1. The van der Waals surface area contributed by atoms with Crippen molar-refractivity contribution in [2.45, 2.75) is 12.0 Å². The van der Waals surface area contributed by atoms with Crippen LogP contribution in [0.5, 0.6) is 0 Å². The van der Waals surface area contributed by atoms with Crippen molar-refractivity contribution < 1.29 is 24.3 Å². The summed E-state index contributed by atoms with van der Waals surface area (Å²) in [6.45, 7) is -0.952. The first-order valence-electron chi connectivity index (χ1n) is 8.34.